The Morgan fingerprint density at radius 3 is 1.94 bits per heavy atom. The number of anilines is 1. The molecule has 0 fully saturated rings. The van der Waals surface area contributed by atoms with E-state index in [0.29, 0.717) is 17.8 Å². The van der Waals surface area contributed by atoms with E-state index in [-0.39, 0.29) is 29.4 Å². The Morgan fingerprint density at radius 1 is 0.800 bits per heavy atom. The van der Waals surface area contributed by atoms with Crippen LogP contribution in [0.3, 0.4) is 0 Å². The largest absolute Gasteiger partial charge is 0.416 e. The third-order valence-corrected chi connectivity index (χ3v) is 5.34. The molecule has 2 N–H and O–H groups in total. The molecule has 0 aliphatic carbocycles. The van der Waals surface area contributed by atoms with Gasteiger partial charge in [-0.15, -0.1) is 0 Å². The van der Waals surface area contributed by atoms with Crippen molar-refractivity contribution in [3.05, 3.63) is 93.4 Å². The van der Waals surface area contributed by atoms with Gasteiger partial charge in [0.1, 0.15) is 0 Å². The zero-order valence-corrected chi connectivity index (χ0v) is 18.0. The summed E-state index contributed by atoms with van der Waals surface area (Å²) >= 11 is 0. The van der Waals surface area contributed by atoms with E-state index in [2.05, 4.69) is 10.4 Å². The monoisotopic (exact) mass is 493 g/mol. The van der Waals surface area contributed by atoms with E-state index in [9.17, 15) is 31.1 Å². The predicted octanol–water partition coefficient (Wildman–Crippen LogP) is 5.07. The minimum atomic E-state index is -4.95. The van der Waals surface area contributed by atoms with Gasteiger partial charge in [0.15, 0.2) is 0 Å². The van der Waals surface area contributed by atoms with Gasteiger partial charge in [-0.1, -0.05) is 24.3 Å². The molecule has 3 aromatic carbocycles. The lowest BCUT2D eigenvalue weighted by atomic mass is 9.99. The van der Waals surface area contributed by atoms with E-state index in [0.717, 1.165) is 20.5 Å². The van der Waals surface area contributed by atoms with Gasteiger partial charge in [0.05, 0.1) is 23.4 Å². The maximum absolute atomic E-state index is 13.2. The molecule has 0 saturated heterocycles. The van der Waals surface area contributed by atoms with Gasteiger partial charge in [-0.25, -0.2) is 4.79 Å². The first kappa shape index (κ1) is 24.0. The molecule has 0 unspecified atom stereocenters. The van der Waals surface area contributed by atoms with E-state index in [1.54, 1.807) is 18.2 Å². The second kappa shape index (κ2) is 8.60. The predicted molar refractivity (Wildman–Crippen MR) is 116 cm³/mol. The Morgan fingerprint density at radius 2 is 1.40 bits per heavy atom. The number of hydrogen-bond donors (Lipinski definition) is 1. The summed E-state index contributed by atoms with van der Waals surface area (Å²) in [6.45, 7) is 1.95. The molecule has 0 bridgehead atoms. The average molecular weight is 493 g/mol. The van der Waals surface area contributed by atoms with Crippen LogP contribution >= 0.6 is 0 Å². The van der Waals surface area contributed by atoms with Crippen LogP contribution in [0.1, 0.15) is 22.3 Å². The molecular weight excluding hydrogens is 476 g/mol. The van der Waals surface area contributed by atoms with Crippen molar-refractivity contribution in [1.29, 1.82) is 0 Å². The molecule has 1 heterocycles. The number of nitrogens with zero attached hydrogens (tertiary/aromatic N) is 4. The number of nitrogen functional groups attached to an aromatic ring is 1. The molecule has 0 aliphatic rings. The number of aryl methyl sites for hydroxylation is 1. The zero-order valence-electron chi connectivity index (χ0n) is 18.0. The second-order valence-electron chi connectivity index (χ2n) is 7.86. The van der Waals surface area contributed by atoms with Crippen LogP contribution in [0.5, 0.6) is 0 Å². The Labute approximate surface area is 194 Å². The molecule has 0 saturated carbocycles. The van der Waals surface area contributed by atoms with Gasteiger partial charge in [-0.3, -0.25) is 0 Å². The molecular formula is C23H17F6N5O. The highest BCUT2D eigenvalue weighted by Gasteiger charge is 2.37. The third-order valence-electron chi connectivity index (χ3n) is 5.34. The van der Waals surface area contributed by atoms with Gasteiger partial charge in [0.2, 0.25) is 0 Å². The van der Waals surface area contributed by atoms with Gasteiger partial charge < -0.3 is 5.73 Å². The summed E-state index contributed by atoms with van der Waals surface area (Å²) < 4.78 is 81.0. The van der Waals surface area contributed by atoms with Gasteiger partial charge in [0.25, 0.3) is 0 Å². The quantitative estimate of drug-likeness (QED) is 0.318. The molecule has 4 aromatic rings. The Balaban J connectivity index is 1.65. The van der Waals surface area contributed by atoms with Crippen LogP contribution in [0.4, 0.5) is 32.0 Å². The molecule has 0 radical (unpaired) electrons. The van der Waals surface area contributed by atoms with Crippen molar-refractivity contribution in [2.45, 2.75) is 25.8 Å². The zero-order chi connectivity index (χ0) is 25.5. The fraction of sp³-hybridized carbons (Fsp3) is 0.174. The van der Waals surface area contributed by atoms with Crippen LogP contribution in [0.15, 0.2) is 65.5 Å². The molecule has 0 aliphatic heterocycles. The molecule has 4 rings (SSSR count). The summed E-state index contributed by atoms with van der Waals surface area (Å²) in [5.41, 5.74) is 4.67. The van der Waals surface area contributed by atoms with Crippen LogP contribution in [-0.2, 0) is 18.9 Å². The van der Waals surface area contributed by atoms with Crippen LogP contribution < -0.4 is 11.4 Å². The van der Waals surface area contributed by atoms with Gasteiger partial charge in [-0.2, -0.15) is 35.7 Å². The first-order chi connectivity index (χ1) is 16.3. The van der Waals surface area contributed by atoms with E-state index >= 15 is 0 Å². The summed E-state index contributed by atoms with van der Waals surface area (Å²) in [5.74, 6) is 0. The normalized spacial score (nSPS) is 12.2. The van der Waals surface area contributed by atoms with Crippen molar-refractivity contribution in [3.63, 3.8) is 0 Å². The SMILES string of the molecule is Cc1cc(Cn2nnn(-c3ccc(-c4cc(C(F)(F)F)cc(C(F)(F)F)c4)cc3)c2=O)ccc1N. The summed E-state index contributed by atoms with van der Waals surface area (Å²) in [4.78, 5) is 12.7. The van der Waals surface area contributed by atoms with Crippen LogP contribution in [0, 0.1) is 6.92 Å². The molecule has 0 amide bonds. The number of rotatable bonds is 4. The molecule has 182 valence electrons. The molecule has 0 atom stereocenters. The number of halogens is 6. The molecule has 6 nitrogen and oxygen atoms in total. The highest BCUT2D eigenvalue weighted by atomic mass is 19.4. The van der Waals surface area contributed by atoms with Gasteiger partial charge in [0, 0.05) is 5.69 Å². The standard InChI is InChI=1S/C23H17F6N5O/c1-13-8-14(2-7-20(13)30)12-33-21(35)34(32-31-33)19-5-3-15(4-6-19)16-9-17(22(24,25)26)11-18(10-16)23(27,28)29/h2-11H,12,30H2,1H3. The lowest BCUT2D eigenvalue weighted by molar-refractivity contribution is -0.143. The first-order valence-corrected chi connectivity index (χ1v) is 10.1. The maximum atomic E-state index is 13.2. The second-order valence-corrected chi connectivity index (χ2v) is 7.86. The molecule has 12 heteroatoms. The minimum Gasteiger partial charge on any atom is -0.399 e. The summed E-state index contributed by atoms with van der Waals surface area (Å²) in [6, 6.07) is 11.9. The van der Waals surface area contributed by atoms with Crippen LogP contribution in [-0.4, -0.2) is 19.8 Å². The number of alkyl halides is 6. The molecule has 1 aromatic heterocycles. The van der Waals surface area contributed by atoms with Crippen molar-refractivity contribution < 1.29 is 26.3 Å². The number of tetrazole rings is 1. The number of aromatic nitrogens is 4. The topological polar surface area (TPSA) is 78.7 Å². The van der Waals surface area contributed by atoms with E-state index in [1.165, 1.54) is 24.3 Å². The van der Waals surface area contributed by atoms with E-state index in [4.69, 9.17) is 5.73 Å². The van der Waals surface area contributed by atoms with Gasteiger partial charge >= 0.3 is 18.0 Å². The highest BCUT2D eigenvalue weighted by molar-refractivity contribution is 5.67. The van der Waals surface area contributed by atoms with Crippen LogP contribution in [0.25, 0.3) is 16.8 Å². The Kier molecular flexibility index (Phi) is 5.91. The molecule has 35 heavy (non-hydrogen) atoms. The number of hydrogen-bond acceptors (Lipinski definition) is 4. The Bertz CT molecular complexity index is 1400. The average Bonchev–Trinajstić information content (AvgIpc) is 3.15. The smallest absolute Gasteiger partial charge is 0.399 e. The molecule has 0 spiro atoms. The lowest BCUT2D eigenvalue weighted by Crippen LogP contribution is -2.24. The van der Waals surface area contributed by atoms with E-state index < -0.39 is 29.2 Å². The van der Waals surface area contributed by atoms with Crippen molar-refractivity contribution in [2.75, 3.05) is 5.73 Å². The Hall–Kier alpha value is -4.09. The van der Waals surface area contributed by atoms with Crippen molar-refractivity contribution in [2.24, 2.45) is 0 Å². The fourth-order valence-electron chi connectivity index (χ4n) is 3.46. The van der Waals surface area contributed by atoms with Gasteiger partial charge in [-0.05, 0) is 76.0 Å². The van der Waals surface area contributed by atoms with Crippen LogP contribution in [0.2, 0.25) is 0 Å². The van der Waals surface area contributed by atoms with Crippen molar-refractivity contribution in [1.82, 2.24) is 19.8 Å². The lowest BCUT2D eigenvalue weighted by Gasteiger charge is -2.14. The van der Waals surface area contributed by atoms with Crippen molar-refractivity contribution >= 4 is 5.69 Å². The summed E-state index contributed by atoms with van der Waals surface area (Å²) in [6.07, 6.45) is -9.91. The summed E-state index contributed by atoms with van der Waals surface area (Å²) in [7, 11) is 0. The number of nitrogens with two attached hydrogens (primary N) is 1. The maximum Gasteiger partial charge on any atom is 0.416 e. The first-order valence-electron chi connectivity index (χ1n) is 10.1. The fourth-order valence-corrected chi connectivity index (χ4v) is 3.46. The van der Waals surface area contributed by atoms with E-state index in [1.807, 2.05) is 6.92 Å². The number of benzene rings is 3. The highest BCUT2D eigenvalue weighted by Crippen LogP contribution is 2.38. The van der Waals surface area contributed by atoms with Crippen molar-refractivity contribution in [3.8, 4) is 16.8 Å². The third kappa shape index (κ3) is 5.05. The summed E-state index contributed by atoms with van der Waals surface area (Å²) in [5, 5.41) is 7.65. The minimum absolute atomic E-state index is 0.0678.